The molecule has 0 saturated heterocycles. The van der Waals surface area contributed by atoms with Gasteiger partial charge in [0.1, 0.15) is 0 Å². The molecular weight excluding hydrogens is 252 g/mol. The van der Waals surface area contributed by atoms with E-state index < -0.39 is 0 Å². The minimum Gasteiger partial charge on any atom is -0.0620 e. The molecule has 0 atom stereocenters. The fourth-order valence-electron chi connectivity index (χ4n) is 2.41. The third kappa shape index (κ3) is 5.75. The number of benzene rings is 2. The van der Waals surface area contributed by atoms with Gasteiger partial charge in [0.05, 0.1) is 0 Å². The van der Waals surface area contributed by atoms with Crippen LogP contribution in [-0.2, 0) is 6.42 Å². The Morgan fingerprint density at radius 3 is 1.95 bits per heavy atom. The molecule has 0 aliphatic rings. The summed E-state index contributed by atoms with van der Waals surface area (Å²) in [5.41, 5.74) is 5.75. The molecule has 2 aromatic carbocycles. The molecule has 2 rings (SSSR count). The molecule has 0 aliphatic carbocycles. The second-order valence-electron chi connectivity index (χ2n) is 6.26. The Kier molecular flexibility index (Phi) is 7.22. The van der Waals surface area contributed by atoms with E-state index in [1.165, 1.54) is 22.3 Å². The zero-order chi connectivity index (χ0) is 15.8. The predicted octanol–water partition coefficient (Wildman–Crippen LogP) is 6.49. The summed E-state index contributed by atoms with van der Waals surface area (Å²) in [5.74, 6) is 1.31. The van der Waals surface area contributed by atoms with Crippen molar-refractivity contribution in [1.82, 2.24) is 0 Å². The monoisotopic (exact) mass is 282 g/mol. The first-order chi connectivity index (χ1) is 9.95. The minimum absolute atomic E-state index is 0.654. The maximum atomic E-state index is 2.30. The Balaban J connectivity index is 0.000000211. The Morgan fingerprint density at radius 2 is 1.48 bits per heavy atom. The van der Waals surface area contributed by atoms with Crippen LogP contribution >= 0.6 is 0 Å². The van der Waals surface area contributed by atoms with Gasteiger partial charge in [0, 0.05) is 0 Å². The predicted molar refractivity (Wildman–Crippen MR) is 95.2 cm³/mol. The maximum absolute atomic E-state index is 2.30. The Labute approximate surface area is 131 Å². The highest BCUT2D eigenvalue weighted by molar-refractivity contribution is 5.28. The second kappa shape index (κ2) is 8.67. The number of hydrogen-bond donors (Lipinski definition) is 0. The van der Waals surface area contributed by atoms with Gasteiger partial charge in [-0.2, -0.15) is 0 Å². The van der Waals surface area contributed by atoms with Crippen LogP contribution in [0, 0.1) is 6.92 Å². The van der Waals surface area contributed by atoms with Crippen LogP contribution in [0.15, 0.2) is 48.5 Å². The SMILES string of the molecule is CCc1cccc(C(C)C)c1.Cc1ccccc1C(C)C. The molecule has 0 saturated carbocycles. The van der Waals surface area contributed by atoms with Crippen LogP contribution in [0.5, 0.6) is 0 Å². The largest absolute Gasteiger partial charge is 0.0620 e. The molecule has 21 heavy (non-hydrogen) atoms. The fourth-order valence-corrected chi connectivity index (χ4v) is 2.41. The molecule has 0 spiro atoms. The molecule has 0 aliphatic heterocycles. The normalized spacial score (nSPS) is 10.5. The van der Waals surface area contributed by atoms with Crippen molar-refractivity contribution >= 4 is 0 Å². The Morgan fingerprint density at radius 1 is 0.810 bits per heavy atom. The molecule has 0 nitrogen and oxygen atoms in total. The topological polar surface area (TPSA) is 0 Å². The molecule has 114 valence electrons. The van der Waals surface area contributed by atoms with Gasteiger partial charge in [-0.3, -0.25) is 0 Å². The molecule has 0 aromatic heterocycles. The highest BCUT2D eigenvalue weighted by Gasteiger charge is 1.99. The average Bonchev–Trinajstić information content (AvgIpc) is 2.48. The number of hydrogen-bond acceptors (Lipinski definition) is 0. The molecule has 0 unspecified atom stereocenters. The van der Waals surface area contributed by atoms with Crippen molar-refractivity contribution in [3.05, 3.63) is 70.8 Å². The molecule has 0 bridgehead atoms. The Hall–Kier alpha value is -1.56. The lowest BCUT2D eigenvalue weighted by molar-refractivity contribution is 0.856. The van der Waals surface area contributed by atoms with Crippen LogP contribution in [0.1, 0.15) is 68.7 Å². The van der Waals surface area contributed by atoms with E-state index in [4.69, 9.17) is 0 Å². The maximum Gasteiger partial charge on any atom is -0.0216 e. The van der Waals surface area contributed by atoms with Crippen LogP contribution in [0.2, 0.25) is 0 Å². The van der Waals surface area contributed by atoms with E-state index in [0.29, 0.717) is 11.8 Å². The van der Waals surface area contributed by atoms with Gasteiger partial charge >= 0.3 is 0 Å². The van der Waals surface area contributed by atoms with Crippen LogP contribution in [0.4, 0.5) is 0 Å². The number of aryl methyl sites for hydroxylation is 2. The van der Waals surface area contributed by atoms with Gasteiger partial charge in [-0.25, -0.2) is 0 Å². The van der Waals surface area contributed by atoms with E-state index in [1.54, 1.807) is 0 Å². The van der Waals surface area contributed by atoms with Gasteiger partial charge in [0.2, 0.25) is 0 Å². The van der Waals surface area contributed by atoms with Crippen molar-refractivity contribution in [3.63, 3.8) is 0 Å². The van der Waals surface area contributed by atoms with E-state index in [9.17, 15) is 0 Å². The first kappa shape index (κ1) is 17.5. The molecule has 2 aromatic rings. The summed E-state index contributed by atoms with van der Waals surface area (Å²) in [5, 5.41) is 0. The van der Waals surface area contributed by atoms with E-state index in [1.807, 2.05) is 0 Å². The first-order valence-electron chi connectivity index (χ1n) is 8.10. The molecular formula is C21H30. The third-order valence-corrected chi connectivity index (χ3v) is 3.84. The van der Waals surface area contributed by atoms with Gasteiger partial charge in [0.25, 0.3) is 0 Å². The van der Waals surface area contributed by atoms with Crippen molar-refractivity contribution in [2.75, 3.05) is 0 Å². The van der Waals surface area contributed by atoms with E-state index in [2.05, 4.69) is 90.1 Å². The van der Waals surface area contributed by atoms with Gasteiger partial charge in [-0.05, 0) is 47.4 Å². The highest BCUT2D eigenvalue weighted by Crippen LogP contribution is 2.17. The van der Waals surface area contributed by atoms with E-state index >= 15 is 0 Å². The number of rotatable bonds is 3. The van der Waals surface area contributed by atoms with Gasteiger partial charge in [0.15, 0.2) is 0 Å². The molecule has 0 heterocycles. The lowest BCUT2D eigenvalue weighted by Gasteiger charge is -2.07. The van der Waals surface area contributed by atoms with Crippen LogP contribution in [-0.4, -0.2) is 0 Å². The second-order valence-corrected chi connectivity index (χ2v) is 6.26. The van der Waals surface area contributed by atoms with E-state index in [0.717, 1.165) is 6.42 Å². The summed E-state index contributed by atoms with van der Waals surface area (Å²) in [6.45, 7) is 13.3. The van der Waals surface area contributed by atoms with Gasteiger partial charge in [-0.15, -0.1) is 0 Å². The standard InChI is InChI=1S/C11H16.C10H14/c1-4-10-6-5-7-11(8-10)9(2)3;1-8(2)10-7-5-4-6-9(10)3/h5-9H,4H2,1-3H3;4-8H,1-3H3. The van der Waals surface area contributed by atoms with Gasteiger partial charge in [-0.1, -0.05) is 83.1 Å². The molecule has 0 fully saturated rings. The molecule has 0 radical (unpaired) electrons. The van der Waals surface area contributed by atoms with Gasteiger partial charge < -0.3 is 0 Å². The van der Waals surface area contributed by atoms with Crippen molar-refractivity contribution < 1.29 is 0 Å². The lowest BCUT2D eigenvalue weighted by Crippen LogP contribution is -1.89. The highest BCUT2D eigenvalue weighted by atomic mass is 14.0. The summed E-state index contributed by atoms with van der Waals surface area (Å²) in [6.07, 6.45) is 1.14. The quantitative estimate of drug-likeness (QED) is 0.603. The fraction of sp³-hybridized carbons (Fsp3) is 0.429. The lowest BCUT2D eigenvalue weighted by atomic mass is 9.99. The minimum atomic E-state index is 0.654. The molecule has 0 heteroatoms. The smallest absolute Gasteiger partial charge is 0.0216 e. The molecule has 0 amide bonds. The van der Waals surface area contributed by atoms with Crippen molar-refractivity contribution in [2.24, 2.45) is 0 Å². The summed E-state index contributed by atoms with van der Waals surface area (Å²) < 4.78 is 0. The van der Waals surface area contributed by atoms with Crippen LogP contribution < -0.4 is 0 Å². The van der Waals surface area contributed by atoms with Crippen molar-refractivity contribution in [3.8, 4) is 0 Å². The third-order valence-electron chi connectivity index (χ3n) is 3.84. The zero-order valence-corrected chi connectivity index (χ0v) is 14.5. The Bertz CT molecular complexity index is 535. The van der Waals surface area contributed by atoms with E-state index in [-0.39, 0.29) is 0 Å². The summed E-state index contributed by atoms with van der Waals surface area (Å²) >= 11 is 0. The summed E-state index contributed by atoms with van der Waals surface area (Å²) in [4.78, 5) is 0. The zero-order valence-electron chi connectivity index (χ0n) is 14.5. The van der Waals surface area contributed by atoms with Crippen molar-refractivity contribution in [1.29, 1.82) is 0 Å². The van der Waals surface area contributed by atoms with Crippen LogP contribution in [0.3, 0.4) is 0 Å². The summed E-state index contributed by atoms with van der Waals surface area (Å²) in [6, 6.07) is 17.4. The van der Waals surface area contributed by atoms with Crippen molar-refractivity contribution in [2.45, 2.75) is 59.8 Å². The first-order valence-corrected chi connectivity index (χ1v) is 8.10. The summed E-state index contributed by atoms with van der Waals surface area (Å²) in [7, 11) is 0. The van der Waals surface area contributed by atoms with Crippen LogP contribution in [0.25, 0.3) is 0 Å². The molecule has 0 N–H and O–H groups in total. The average molecular weight is 282 g/mol.